The minimum absolute atomic E-state index is 0.0754. The fourth-order valence-electron chi connectivity index (χ4n) is 2.05. The molecule has 1 amide bonds. The number of aliphatic hydroxyl groups excluding tert-OH is 1. The van der Waals surface area contributed by atoms with Crippen molar-refractivity contribution in [3.63, 3.8) is 0 Å². The molecule has 0 heterocycles. The zero-order valence-electron chi connectivity index (χ0n) is 13.6. The molecular formula is C18H22N2O3. The maximum absolute atomic E-state index is 11.2. The van der Waals surface area contributed by atoms with E-state index in [1.54, 1.807) is 18.2 Å². The summed E-state index contributed by atoms with van der Waals surface area (Å²) in [5.41, 5.74) is 8.18. The average Bonchev–Trinajstić information content (AvgIpc) is 2.50. The van der Waals surface area contributed by atoms with Gasteiger partial charge in [-0.15, -0.1) is 0 Å². The lowest BCUT2D eigenvalue weighted by Gasteiger charge is -2.19. The zero-order chi connectivity index (χ0) is 17.0. The summed E-state index contributed by atoms with van der Waals surface area (Å²) in [6, 6.07) is 12.7. The van der Waals surface area contributed by atoms with Gasteiger partial charge in [0.2, 0.25) is 5.91 Å². The van der Waals surface area contributed by atoms with Crippen molar-refractivity contribution in [2.24, 2.45) is 0 Å². The Hall–Kier alpha value is -2.53. The predicted octanol–water partition coefficient (Wildman–Crippen LogP) is 3.29. The first-order valence-electron chi connectivity index (χ1n) is 7.38. The molecule has 122 valence electrons. The Labute approximate surface area is 136 Å². The van der Waals surface area contributed by atoms with E-state index >= 15 is 0 Å². The van der Waals surface area contributed by atoms with Crippen LogP contribution in [0.4, 0.5) is 11.4 Å². The van der Waals surface area contributed by atoms with Crippen LogP contribution in [0.2, 0.25) is 0 Å². The highest BCUT2D eigenvalue weighted by molar-refractivity contribution is 5.92. The third-order valence-electron chi connectivity index (χ3n) is 3.39. The average molecular weight is 314 g/mol. The first-order chi connectivity index (χ1) is 10.8. The number of amides is 1. The molecule has 0 aliphatic carbocycles. The second-order valence-corrected chi connectivity index (χ2v) is 6.34. The van der Waals surface area contributed by atoms with Crippen molar-refractivity contribution >= 4 is 17.3 Å². The number of carbonyl (C=O) groups excluding carboxylic acids is 1. The molecule has 0 radical (unpaired) electrons. The van der Waals surface area contributed by atoms with Crippen LogP contribution in [0.25, 0.3) is 0 Å². The normalized spacial score (nSPS) is 11.1. The third kappa shape index (κ3) is 4.47. The maximum atomic E-state index is 11.2. The molecule has 0 aromatic heterocycles. The van der Waals surface area contributed by atoms with Gasteiger partial charge in [-0.1, -0.05) is 32.9 Å². The molecule has 23 heavy (non-hydrogen) atoms. The van der Waals surface area contributed by atoms with Crippen LogP contribution in [-0.2, 0) is 10.2 Å². The Morgan fingerprint density at radius 2 is 1.83 bits per heavy atom. The number of hydrogen-bond donors (Lipinski definition) is 3. The van der Waals surface area contributed by atoms with E-state index in [1.165, 1.54) is 5.56 Å². The van der Waals surface area contributed by atoms with E-state index in [-0.39, 0.29) is 5.41 Å². The summed E-state index contributed by atoms with van der Waals surface area (Å²) in [6.45, 7) is 5.87. The van der Waals surface area contributed by atoms with Gasteiger partial charge in [-0.25, -0.2) is 0 Å². The van der Waals surface area contributed by atoms with Crippen molar-refractivity contribution < 1.29 is 14.6 Å². The molecule has 0 saturated carbocycles. The van der Waals surface area contributed by atoms with Gasteiger partial charge in [0.1, 0.15) is 12.4 Å². The number of anilines is 2. The van der Waals surface area contributed by atoms with Crippen LogP contribution in [-0.4, -0.2) is 17.6 Å². The number of nitrogen functional groups attached to an aromatic ring is 1. The van der Waals surface area contributed by atoms with E-state index in [4.69, 9.17) is 15.6 Å². The Bertz CT molecular complexity index is 688. The van der Waals surface area contributed by atoms with Gasteiger partial charge in [0.15, 0.2) is 5.75 Å². The van der Waals surface area contributed by atoms with Crippen molar-refractivity contribution in [2.75, 3.05) is 17.7 Å². The van der Waals surface area contributed by atoms with Gasteiger partial charge >= 0.3 is 0 Å². The lowest BCUT2D eigenvalue weighted by atomic mass is 9.87. The second kappa shape index (κ2) is 6.71. The summed E-state index contributed by atoms with van der Waals surface area (Å²) in [4.78, 5) is 11.2. The Morgan fingerprint density at radius 3 is 2.39 bits per heavy atom. The fourth-order valence-corrected chi connectivity index (χ4v) is 2.05. The van der Waals surface area contributed by atoms with E-state index in [0.29, 0.717) is 22.9 Å². The molecule has 5 nitrogen and oxygen atoms in total. The quantitative estimate of drug-likeness (QED) is 0.756. The number of nitrogens with one attached hydrogen (secondary N) is 1. The number of carbonyl (C=O) groups is 1. The van der Waals surface area contributed by atoms with Gasteiger partial charge < -0.3 is 20.9 Å². The minimum Gasteiger partial charge on any atom is -0.455 e. The van der Waals surface area contributed by atoms with E-state index in [2.05, 4.69) is 26.1 Å². The van der Waals surface area contributed by atoms with Gasteiger partial charge in [0.25, 0.3) is 0 Å². The summed E-state index contributed by atoms with van der Waals surface area (Å²) in [7, 11) is 0. The standard InChI is InChI=1S/C18H22N2O3/c1-18(2,3)12-4-7-14(8-5-12)23-16-10-13(6-9-15(16)19)20-17(22)11-21/h4-10,21H,11,19H2,1-3H3,(H,20,22). The second-order valence-electron chi connectivity index (χ2n) is 6.34. The number of ether oxygens (including phenoxy) is 1. The molecule has 0 saturated heterocycles. The summed E-state index contributed by atoms with van der Waals surface area (Å²) in [5, 5.41) is 11.3. The van der Waals surface area contributed by atoms with Gasteiger partial charge in [-0.05, 0) is 35.2 Å². The van der Waals surface area contributed by atoms with E-state index in [1.807, 2.05) is 24.3 Å². The molecule has 0 fully saturated rings. The topological polar surface area (TPSA) is 84.6 Å². The minimum atomic E-state index is -0.575. The van der Waals surface area contributed by atoms with Gasteiger partial charge in [-0.2, -0.15) is 0 Å². The van der Waals surface area contributed by atoms with Crippen molar-refractivity contribution in [3.05, 3.63) is 48.0 Å². The molecule has 2 rings (SSSR count). The van der Waals surface area contributed by atoms with E-state index in [0.717, 1.165) is 0 Å². The Morgan fingerprint density at radius 1 is 1.17 bits per heavy atom. The van der Waals surface area contributed by atoms with E-state index in [9.17, 15) is 4.79 Å². The SMILES string of the molecule is CC(C)(C)c1ccc(Oc2cc(NC(=O)CO)ccc2N)cc1. The summed E-state index contributed by atoms with van der Waals surface area (Å²) in [5.74, 6) is 0.620. The highest BCUT2D eigenvalue weighted by atomic mass is 16.5. The first-order valence-corrected chi connectivity index (χ1v) is 7.38. The van der Waals surface area contributed by atoms with Crippen LogP contribution in [0.1, 0.15) is 26.3 Å². The summed E-state index contributed by atoms with van der Waals surface area (Å²) >= 11 is 0. The molecule has 0 spiro atoms. The number of benzene rings is 2. The van der Waals surface area contributed by atoms with Crippen molar-refractivity contribution in [1.29, 1.82) is 0 Å². The number of aliphatic hydroxyl groups is 1. The maximum Gasteiger partial charge on any atom is 0.250 e. The van der Waals surface area contributed by atoms with Crippen LogP contribution in [0.3, 0.4) is 0 Å². The monoisotopic (exact) mass is 314 g/mol. The smallest absolute Gasteiger partial charge is 0.250 e. The molecule has 0 bridgehead atoms. The summed E-state index contributed by atoms with van der Waals surface area (Å²) < 4.78 is 5.79. The molecule has 2 aromatic carbocycles. The molecule has 0 aliphatic rings. The van der Waals surface area contributed by atoms with Crippen molar-refractivity contribution in [2.45, 2.75) is 26.2 Å². The predicted molar refractivity (Wildman–Crippen MR) is 91.8 cm³/mol. The van der Waals surface area contributed by atoms with Crippen LogP contribution in [0.5, 0.6) is 11.5 Å². The highest BCUT2D eigenvalue weighted by Gasteiger charge is 2.13. The molecule has 2 aromatic rings. The molecule has 0 atom stereocenters. The van der Waals surface area contributed by atoms with Crippen molar-refractivity contribution in [1.82, 2.24) is 0 Å². The van der Waals surface area contributed by atoms with Gasteiger partial charge in [0.05, 0.1) is 5.69 Å². The van der Waals surface area contributed by atoms with E-state index < -0.39 is 12.5 Å². The largest absolute Gasteiger partial charge is 0.455 e. The highest BCUT2D eigenvalue weighted by Crippen LogP contribution is 2.31. The number of nitrogens with two attached hydrogens (primary N) is 1. The molecule has 5 heteroatoms. The van der Waals surface area contributed by atoms with Crippen LogP contribution in [0, 0.1) is 0 Å². The fraction of sp³-hybridized carbons (Fsp3) is 0.278. The van der Waals surface area contributed by atoms with Crippen molar-refractivity contribution in [3.8, 4) is 11.5 Å². The van der Waals surface area contributed by atoms with Crippen LogP contribution >= 0.6 is 0 Å². The molecule has 4 N–H and O–H groups in total. The third-order valence-corrected chi connectivity index (χ3v) is 3.39. The molecule has 0 unspecified atom stereocenters. The van der Waals surface area contributed by atoms with Crippen LogP contribution < -0.4 is 15.8 Å². The first kappa shape index (κ1) is 16.8. The number of rotatable bonds is 4. The zero-order valence-corrected chi connectivity index (χ0v) is 13.6. The Balaban J connectivity index is 2.19. The molecular weight excluding hydrogens is 292 g/mol. The van der Waals surface area contributed by atoms with Gasteiger partial charge in [-0.3, -0.25) is 4.79 Å². The lowest BCUT2D eigenvalue weighted by molar-refractivity contribution is -0.118. The number of hydrogen-bond acceptors (Lipinski definition) is 4. The van der Waals surface area contributed by atoms with Crippen LogP contribution in [0.15, 0.2) is 42.5 Å². The Kier molecular flexibility index (Phi) is 4.91. The lowest BCUT2D eigenvalue weighted by Crippen LogP contribution is -2.15. The summed E-state index contributed by atoms with van der Waals surface area (Å²) in [6.07, 6.45) is 0. The molecule has 0 aliphatic heterocycles. The van der Waals surface area contributed by atoms with Gasteiger partial charge in [0, 0.05) is 11.8 Å².